The van der Waals surface area contributed by atoms with Gasteiger partial charge in [0.05, 0.1) is 6.54 Å². The fourth-order valence-corrected chi connectivity index (χ4v) is 3.27. The SMILES string of the molecule is CCNC(=NCC(C)CN(C)C(=O)OC(C)(C)C)NC1CCN(CC(=O)N(C)C)CC1. The summed E-state index contributed by atoms with van der Waals surface area (Å²) in [5.74, 6) is 1.15. The number of carbonyl (C=O) groups excluding carboxylic acids is 2. The molecule has 0 spiro atoms. The minimum absolute atomic E-state index is 0.145. The molecule has 9 nitrogen and oxygen atoms in total. The predicted octanol–water partition coefficient (Wildman–Crippen LogP) is 1.60. The van der Waals surface area contributed by atoms with E-state index in [0.29, 0.717) is 25.7 Å². The van der Waals surface area contributed by atoms with E-state index in [1.807, 2.05) is 27.7 Å². The number of carbonyl (C=O) groups is 2. The van der Waals surface area contributed by atoms with Crippen molar-refractivity contribution < 1.29 is 14.3 Å². The topological polar surface area (TPSA) is 89.5 Å². The van der Waals surface area contributed by atoms with Crippen LogP contribution in [0.2, 0.25) is 0 Å². The zero-order valence-electron chi connectivity index (χ0n) is 20.8. The Labute approximate surface area is 188 Å². The molecule has 1 rings (SSSR count). The van der Waals surface area contributed by atoms with Gasteiger partial charge in [0.1, 0.15) is 5.60 Å². The minimum Gasteiger partial charge on any atom is -0.444 e. The first-order valence-corrected chi connectivity index (χ1v) is 11.3. The van der Waals surface area contributed by atoms with E-state index in [-0.39, 0.29) is 17.9 Å². The number of piperidine rings is 1. The van der Waals surface area contributed by atoms with Crippen molar-refractivity contribution >= 4 is 18.0 Å². The predicted molar refractivity (Wildman–Crippen MR) is 125 cm³/mol. The molecule has 0 saturated carbocycles. The molecule has 1 unspecified atom stereocenters. The molecule has 0 aromatic rings. The molecular weight excluding hydrogens is 396 g/mol. The number of likely N-dealkylation sites (tertiary alicyclic amines) is 1. The summed E-state index contributed by atoms with van der Waals surface area (Å²) in [7, 11) is 5.34. The molecule has 0 bridgehead atoms. The first-order valence-electron chi connectivity index (χ1n) is 11.3. The highest BCUT2D eigenvalue weighted by Gasteiger charge is 2.23. The van der Waals surface area contributed by atoms with Crippen LogP contribution < -0.4 is 10.6 Å². The molecule has 0 radical (unpaired) electrons. The first kappa shape index (κ1) is 27.0. The van der Waals surface area contributed by atoms with Gasteiger partial charge in [-0.1, -0.05) is 6.92 Å². The molecule has 1 aliphatic rings. The van der Waals surface area contributed by atoms with Gasteiger partial charge < -0.3 is 25.2 Å². The Kier molecular flexibility index (Phi) is 11.1. The van der Waals surface area contributed by atoms with Gasteiger partial charge in [-0.05, 0) is 46.5 Å². The first-order chi connectivity index (χ1) is 14.4. The minimum atomic E-state index is -0.496. The van der Waals surface area contributed by atoms with Crippen molar-refractivity contribution in [3.8, 4) is 0 Å². The van der Waals surface area contributed by atoms with Gasteiger partial charge in [0.15, 0.2) is 5.96 Å². The van der Waals surface area contributed by atoms with Crippen LogP contribution in [0.3, 0.4) is 0 Å². The zero-order chi connectivity index (χ0) is 23.6. The van der Waals surface area contributed by atoms with Crippen LogP contribution in [0.1, 0.15) is 47.5 Å². The second kappa shape index (κ2) is 12.7. The average Bonchev–Trinajstić information content (AvgIpc) is 2.66. The van der Waals surface area contributed by atoms with E-state index >= 15 is 0 Å². The maximum atomic E-state index is 12.1. The van der Waals surface area contributed by atoms with E-state index in [1.54, 1.807) is 30.9 Å². The Hall–Kier alpha value is -2.03. The number of aliphatic imine (C=N–C) groups is 1. The number of nitrogens with one attached hydrogen (secondary N) is 2. The molecule has 1 saturated heterocycles. The van der Waals surface area contributed by atoms with Gasteiger partial charge >= 0.3 is 6.09 Å². The van der Waals surface area contributed by atoms with Gasteiger partial charge in [-0.15, -0.1) is 0 Å². The highest BCUT2D eigenvalue weighted by molar-refractivity contribution is 5.80. The largest absolute Gasteiger partial charge is 0.444 e. The molecular formula is C22H44N6O3. The van der Waals surface area contributed by atoms with Crippen molar-refractivity contribution in [2.24, 2.45) is 10.9 Å². The molecule has 1 aliphatic heterocycles. The van der Waals surface area contributed by atoms with E-state index in [2.05, 4.69) is 22.5 Å². The van der Waals surface area contributed by atoms with E-state index < -0.39 is 5.60 Å². The molecule has 2 amide bonds. The summed E-state index contributed by atoms with van der Waals surface area (Å²) < 4.78 is 5.41. The van der Waals surface area contributed by atoms with Crippen molar-refractivity contribution in [2.45, 2.75) is 59.1 Å². The van der Waals surface area contributed by atoms with E-state index in [9.17, 15) is 9.59 Å². The van der Waals surface area contributed by atoms with Crippen molar-refractivity contribution in [3.05, 3.63) is 0 Å². The third-order valence-corrected chi connectivity index (χ3v) is 4.98. The van der Waals surface area contributed by atoms with Crippen LogP contribution in [0.5, 0.6) is 0 Å². The summed E-state index contributed by atoms with van der Waals surface area (Å²) >= 11 is 0. The summed E-state index contributed by atoms with van der Waals surface area (Å²) in [4.78, 5) is 34.2. The Bertz CT molecular complexity index is 595. The summed E-state index contributed by atoms with van der Waals surface area (Å²) in [6.07, 6.45) is 1.64. The Morgan fingerprint density at radius 2 is 1.81 bits per heavy atom. The second-order valence-electron chi connectivity index (χ2n) is 9.67. The van der Waals surface area contributed by atoms with Crippen molar-refractivity contribution in [1.29, 1.82) is 0 Å². The number of ether oxygens (including phenoxy) is 1. The number of guanidine groups is 1. The number of rotatable bonds is 8. The number of hydrogen-bond donors (Lipinski definition) is 2. The van der Waals surface area contributed by atoms with Crippen molar-refractivity contribution in [3.63, 3.8) is 0 Å². The smallest absolute Gasteiger partial charge is 0.410 e. The quantitative estimate of drug-likeness (QED) is 0.440. The lowest BCUT2D eigenvalue weighted by Crippen LogP contribution is -2.50. The van der Waals surface area contributed by atoms with Crippen LogP contribution in [0.4, 0.5) is 4.79 Å². The second-order valence-corrected chi connectivity index (χ2v) is 9.67. The molecule has 180 valence electrons. The molecule has 9 heteroatoms. The van der Waals surface area contributed by atoms with Crippen LogP contribution >= 0.6 is 0 Å². The molecule has 2 N–H and O–H groups in total. The zero-order valence-corrected chi connectivity index (χ0v) is 20.8. The average molecular weight is 441 g/mol. The fourth-order valence-electron chi connectivity index (χ4n) is 3.27. The number of hydrogen-bond acceptors (Lipinski definition) is 5. The van der Waals surface area contributed by atoms with E-state index in [4.69, 9.17) is 9.73 Å². The van der Waals surface area contributed by atoms with Crippen LogP contribution in [0, 0.1) is 5.92 Å². The summed E-state index contributed by atoms with van der Waals surface area (Å²) in [5, 5.41) is 6.84. The maximum Gasteiger partial charge on any atom is 0.410 e. The number of likely N-dealkylation sites (N-methyl/N-ethyl adjacent to an activating group) is 1. The molecule has 1 heterocycles. The third-order valence-electron chi connectivity index (χ3n) is 4.98. The van der Waals surface area contributed by atoms with Crippen LogP contribution in [-0.2, 0) is 9.53 Å². The van der Waals surface area contributed by atoms with Crippen LogP contribution in [-0.4, -0.2) is 105 Å². The van der Waals surface area contributed by atoms with E-state index in [1.165, 1.54) is 0 Å². The number of amides is 2. The molecule has 0 aromatic carbocycles. The van der Waals surface area contributed by atoms with Gasteiger partial charge in [-0.2, -0.15) is 0 Å². The monoisotopic (exact) mass is 440 g/mol. The Morgan fingerprint density at radius 3 is 2.32 bits per heavy atom. The Morgan fingerprint density at radius 1 is 1.19 bits per heavy atom. The molecule has 0 aromatic heterocycles. The van der Waals surface area contributed by atoms with Crippen LogP contribution in [0.25, 0.3) is 0 Å². The van der Waals surface area contributed by atoms with Gasteiger partial charge in [-0.25, -0.2) is 4.79 Å². The standard InChI is InChI=1S/C22H44N6O3/c1-9-23-20(24-14-17(2)15-27(8)21(30)31-22(3,4)5)25-18-10-12-28(13-11-18)16-19(29)26(6)7/h17-18H,9-16H2,1-8H3,(H2,23,24,25). The van der Waals surface area contributed by atoms with Crippen molar-refractivity contribution in [1.82, 2.24) is 25.3 Å². The summed E-state index contributed by atoms with van der Waals surface area (Å²) in [6, 6.07) is 0.336. The summed E-state index contributed by atoms with van der Waals surface area (Å²) in [6.45, 7) is 14.0. The third kappa shape index (κ3) is 11.2. The van der Waals surface area contributed by atoms with Crippen molar-refractivity contribution in [2.75, 3.05) is 60.4 Å². The van der Waals surface area contributed by atoms with Gasteiger partial charge in [0.2, 0.25) is 5.91 Å². The van der Waals surface area contributed by atoms with Gasteiger partial charge in [0.25, 0.3) is 0 Å². The van der Waals surface area contributed by atoms with Gasteiger partial charge in [0, 0.05) is 59.9 Å². The Balaban J connectivity index is 2.49. The highest BCUT2D eigenvalue weighted by atomic mass is 16.6. The molecule has 0 aliphatic carbocycles. The highest BCUT2D eigenvalue weighted by Crippen LogP contribution is 2.12. The summed E-state index contributed by atoms with van der Waals surface area (Å²) in [5.41, 5.74) is -0.496. The lowest BCUT2D eigenvalue weighted by molar-refractivity contribution is -0.130. The number of nitrogens with zero attached hydrogens (tertiary/aromatic N) is 4. The van der Waals surface area contributed by atoms with Gasteiger partial charge in [-0.3, -0.25) is 14.7 Å². The molecule has 31 heavy (non-hydrogen) atoms. The van der Waals surface area contributed by atoms with Crippen LogP contribution in [0.15, 0.2) is 4.99 Å². The maximum absolute atomic E-state index is 12.1. The fraction of sp³-hybridized carbons (Fsp3) is 0.864. The lowest BCUT2D eigenvalue weighted by atomic mass is 10.1. The molecule has 1 fully saturated rings. The molecule has 1 atom stereocenters. The van der Waals surface area contributed by atoms with E-state index in [0.717, 1.165) is 38.4 Å². The normalized spacial score (nSPS) is 17.1. The lowest BCUT2D eigenvalue weighted by Gasteiger charge is -2.33.